The molecule has 1 heterocycles. The molecule has 252 valence electrons. The van der Waals surface area contributed by atoms with E-state index in [0.29, 0.717) is 23.2 Å². The average Bonchev–Trinajstić information content (AvgIpc) is 3.53. The van der Waals surface area contributed by atoms with Gasteiger partial charge in [-0.1, -0.05) is 30.3 Å². The molecule has 15 nitrogen and oxygen atoms in total. The summed E-state index contributed by atoms with van der Waals surface area (Å²) in [5, 5.41) is 18.2. The molecule has 0 aliphatic rings. The molecular formula is C32H44N10O5. The monoisotopic (exact) mass is 648 g/mol. The quantitative estimate of drug-likeness (QED) is 0.0497. The van der Waals surface area contributed by atoms with E-state index in [1.165, 1.54) is 12.5 Å². The van der Waals surface area contributed by atoms with Gasteiger partial charge in [-0.3, -0.25) is 24.2 Å². The lowest BCUT2D eigenvalue weighted by molar-refractivity contribution is -0.133. The summed E-state index contributed by atoms with van der Waals surface area (Å²) in [4.78, 5) is 63.8. The molecule has 0 radical (unpaired) electrons. The van der Waals surface area contributed by atoms with E-state index in [1.54, 1.807) is 50.2 Å². The molecule has 4 amide bonds. The number of aromatic nitrogens is 2. The molecule has 47 heavy (non-hydrogen) atoms. The number of hydrogen-bond donors (Lipinski definition) is 9. The number of aromatic amines is 1. The lowest BCUT2D eigenvalue weighted by Crippen LogP contribution is -2.58. The second-order valence-electron chi connectivity index (χ2n) is 11.4. The molecule has 1 aromatic heterocycles. The van der Waals surface area contributed by atoms with Crippen molar-refractivity contribution in [3.05, 3.63) is 82.9 Å². The third kappa shape index (κ3) is 11.5. The van der Waals surface area contributed by atoms with Gasteiger partial charge in [-0.2, -0.15) is 0 Å². The second-order valence-corrected chi connectivity index (χ2v) is 11.4. The molecule has 0 bridgehead atoms. The molecule has 15 heteroatoms. The molecule has 0 spiro atoms. The Bertz CT molecular complexity index is 1520. The van der Waals surface area contributed by atoms with Gasteiger partial charge in [0, 0.05) is 37.7 Å². The van der Waals surface area contributed by atoms with Crippen LogP contribution in [0.3, 0.4) is 0 Å². The first-order valence-electron chi connectivity index (χ1n) is 15.2. The van der Waals surface area contributed by atoms with Gasteiger partial charge in [0.25, 0.3) is 0 Å². The Morgan fingerprint density at radius 1 is 0.872 bits per heavy atom. The molecule has 2 aromatic carbocycles. The number of nitrogens with zero attached hydrogens (tertiary/aromatic N) is 2. The minimum Gasteiger partial charge on any atom is -0.508 e. The maximum Gasteiger partial charge on any atom is 0.243 e. The number of phenolic OH excluding ortho intramolecular Hbond substituents is 1. The summed E-state index contributed by atoms with van der Waals surface area (Å²) in [7, 11) is 0. The van der Waals surface area contributed by atoms with Gasteiger partial charge in [0.1, 0.15) is 23.9 Å². The summed E-state index contributed by atoms with van der Waals surface area (Å²) in [6, 6.07) is 7.78. The molecule has 0 unspecified atom stereocenters. The van der Waals surface area contributed by atoms with Gasteiger partial charge in [0.15, 0.2) is 5.96 Å². The fourth-order valence-corrected chi connectivity index (χ4v) is 5.08. The summed E-state index contributed by atoms with van der Waals surface area (Å²) in [5.74, 6) is -2.67. The number of primary amides is 1. The van der Waals surface area contributed by atoms with Gasteiger partial charge < -0.3 is 49.0 Å². The van der Waals surface area contributed by atoms with Crippen molar-refractivity contribution in [1.29, 1.82) is 0 Å². The van der Waals surface area contributed by atoms with Crippen molar-refractivity contribution in [3.63, 3.8) is 0 Å². The molecule has 0 saturated carbocycles. The normalized spacial score (nSPS) is 13.4. The highest BCUT2D eigenvalue weighted by Gasteiger charge is 2.31. The second kappa shape index (κ2) is 17.3. The topological polar surface area (TPSA) is 270 Å². The number of nitrogens with two attached hydrogens (primary N) is 4. The zero-order chi connectivity index (χ0) is 34.5. The Morgan fingerprint density at radius 3 is 2.04 bits per heavy atom. The molecule has 3 rings (SSSR count). The summed E-state index contributed by atoms with van der Waals surface area (Å²) < 4.78 is 0. The molecule has 0 aliphatic heterocycles. The standard InChI is InChI=1S/C32H44N10O5/c1-18-11-22(43)12-19(2)23(18)15-27(41-29(45)24(33)9-6-10-38-32(35)36)31(47)42-26(14-21-16-37-17-39-21)30(46)40-25(28(34)44)13-20-7-4-3-5-8-20/h3-5,7-8,11-12,16-17,24-27,43H,6,9-10,13-15,33H2,1-2H3,(H2,34,44)(H,37,39)(H,40,46)(H,41,45)(H,42,47)(H4,35,36,38)/t24-,25+,26+,27+/m1/s1. The van der Waals surface area contributed by atoms with Gasteiger partial charge >= 0.3 is 0 Å². The van der Waals surface area contributed by atoms with E-state index in [2.05, 4.69) is 30.9 Å². The Morgan fingerprint density at radius 2 is 1.47 bits per heavy atom. The van der Waals surface area contributed by atoms with Crippen LogP contribution in [0.1, 0.15) is 40.8 Å². The third-order valence-electron chi connectivity index (χ3n) is 7.58. The Hall–Kier alpha value is -5.44. The third-order valence-corrected chi connectivity index (χ3v) is 7.58. The molecule has 0 aliphatic carbocycles. The van der Waals surface area contributed by atoms with Crippen molar-refractivity contribution in [1.82, 2.24) is 25.9 Å². The zero-order valence-corrected chi connectivity index (χ0v) is 26.5. The highest BCUT2D eigenvalue weighted by molar-refractivity contribution is 5.95. The molecule has 3 aromatic rings. The van der Waals surface area contributed by atoms with E-state index in [4.69, 9.17) is 22.9 Å². The highest BCUT2D eigenvalue weighted by atomic mass is 16.3. The molecule has 13 N–H and O–H groups in total. The first-order chi connectivity index (χ1) is 22.3. The number of hydrogen-bond acceptors (Lipinski definition) is 8. The highest BCUT2D eigenvalue weighted by Crippen LogP contribution is 2.22. The van der Waals surface area contributed by atoms with Crippen LogP contribution in [0.15, 0.2) is 60.0 Å². The lowest BCUT2D eigenvalue weighted by Gasteiger charge is -2.26. The number of aryl methyl sites for hydroxylation is 2. The largest absolute Gasteiger partial charge is 0.508 e. The lowest BCUT2D eigenvalue weighted by atomic mass is 9.95. The smallest absolute Gasteiger partial charge is 0.243 e. The van der Waals surface area contributed by atoms with E-state index in [0.717, 1.165) is 11.1 Å². The number of carbonyl (C=O) groups is 4. The zero-order valence-electron chi connectivity index (χ0n) is 26.5. The van der Waals surface area contributed by atoms with Crippen LogP contribution in [0.25, 0.3) is 0 Å². The Balaban J connectivity index is 1.85. The van der Waals surface area contributed by atoms with Crippen molar-refractivity contribution in [2.75, 3.05) is 6.54 Å². The van der Waals surface area contributed by atoms with E-state index in [1.807, 2.05) is 6.07 Å². The SMILES string of the molecule is Cc1cc(O)cc(C)c1C[C@H](NC(=O)[C@H](N)CCCN=C(N)N)C(=O)N[C@@H](Cc1cnc[nH]1)C(=O)N[C@@H](Cc1ccccc1)C(N)=O. The maximum absolute atomic E-state index is 13.9. The number of guanidine groups is 1. The van der Waals surface area contributed by atoms with Gasteiger partial charge in [-0.05, 0) is 61.1 Å². The minimum absolute atomic E-state index is 0.00334. The number of H-pyrrole nitrogens is 1. The maximum atomic E-state index is 13.9. The summed E-state index contributed by atoms with van der Waals surface area (Å²) >= 11 is 0. The van der Waals surface area contributed by atoms with E-state index < -0.39 is 47.8 Å². The Labute approximate surface area is 273 Å². The molecular weight excluding hydrogens is 604 g/mol. The van der Waals surface area contributed by atoms with Crippen LogP contribution in [0.5, 0.6) is 5.75 Å². The summed E-state index contributed by atoms with van der Waals surface area (Å²) in [6.07, 6.45) is 3.79. The predicted octanol–water partition coefficient (Wildman–Crippen LogP) is -0.919. The number of rotatable bonds is 17. The fourth-order valence-electron chi connectivity index (χ4n) is 5.08. The molecule has 0 saturated heterocycles. The number of benzene rings is 2. The van der Waals surface area contributed by atoms with Crippen molar-refractivity contribution < 1.29 is 24.3 Å². The van der Waals surface area contributed by atoms with Crippen LogP contribution in [-0.4, -0.2) is 75.4 Å². The molecule has 0 fully saturated rings. The number of amides is 4. The van der Waals surface area contributed by atoms with Crippen LogP contribution in [0.2, 0.25) is 0 Å². The number of phenols is 1. The van der Waals surface area contributed by atoms with Gasteiger partial charge in [0.2, 0.25) is 23.6 Å². The van der Waals surface area contributed by atoms with Crippen LogP contribution in [-0.2, 0) is 38.4 Å². The van der Waals surface area contributed by atoms with Crippen molar-refractivity contribution in [2.45, 2.75) is 70.1 Å². The van der Waals surface area contributed by atoms with Crippen molar-refractivity contribution in [3.8, 4) is 5.75 Å². The first kappa shape index (κ1) is 36.0. The molecule has 4 atom stereocenters. The summed E-state index contributed by atoms with van der Waals surface area (Å²) in [5.41, 5.74) is 25.9. The predicted molar refractivity (Wildman–Crippen MR) is 177 cm³/mol. The first-order valence-corrected chi connectivity index (χ1v) is 15.2. The fraction of sp³-hybridized carbons (Fsp3) is 0.375. The van der Waals surface area contributed by atoms with Gasteiger partial charge in [-0.15, -0.1) is 0 Å². The summed E-state index contributed by atoms with van der Waals surface area (Å²) in [6.45, 7) is 3.83. The minimum atomic E-state index is -1.18. The van der Waals surface area contributed by atoms with Gasteiger partial charge in [0.05, 0.1) is 12.4 Å². The number of aromatic hydroxyl groups is 1. The number of aliphatic imine (C=N–C) groups is 1. The number of carbonyl (C=O) groups excluding carboxylic acids is 4. The van der Waals surface area contributed by atoms with Crippen molar-refractivity contribution in [2.24, 2.45) is 27.9 Å². The average molecular weight is 649 g/mol. The van der Waals surface area contributed by atoms with Crippen LogP contribution in [0.4, 0.5) is 0 Å². The number of imidazole rings is 1. The van der Waals surface area contributed by atoms with E-state index in [-0.39, 0.29) is 43.9 Å². The van der Waals surface area contributed by atoms with E-state index in [9.17, 15) is 24.3 Å². The van der Waals surface area contributed by atoms with Gasteiger partial charge in [-0.25, -0.2) is 4.98 Å². The number of nitrogens with one attached hydrogen (secondary N) is 4. The van der Waals surface area contributed by atoms with Crippen LogP contribution in [0, 0.1) is 13.8 Å². The van der Waals surface area contributed by atoms with Crippen LogP contribution < -0.4 is 38.9 Å². The van der Waals surface area contributed by atoms with Crippen LogP contribution >= 0.6 is 0 Å². The Kier molecular flexibility index (Phi) is 13.3. The van der Waals surface area contributed by atoms with E-state index >= 15 is 0 Å². The van der Waals surface area contributed by atoms with Crippen molar-refractivity contribution >= 4 is 29.6 Å².